The molecule has 10 heteroatoms. The molecule has 4 aromatic rings. The summed E-state index contributed by atoms with van der Waals surface area (Å²) in [4.78, 5) is 24.2. The molecule has 0 amide bonds. The summed E-state index contributed by atoms with van der Waals surface area (Å²) in [5.41, 5.74) is 2.83. The number of aldehydes is 1. The summed E-state index contributed by atoms with van der Waals surface area (Å²) < 4.78 is 4.89. The fourth-order valence-corrected chi connectivity index (χ4v) is 2.55. The highest BCUT2D eigenvalue weighted by Gasteiger charge is 2.18. The summed E-state index contributed by atoms with van der Waals surface area (Å²) in [6.07, 6.45) is 6.21. The van der Waals surface area contributed by atoms with E-state index < -0.39 is 12.1 Å². The monoisotopic (exact) mass is 406 g/mol. The Labute approximate surface area is 171 Å². The van der Waals surface area contributed by atoms with Gasteiger partial charge in [0.15, 0.2) is 6.10 Å². The van der Waals surface area contributed by atoms with Gasteiger partial charge in [0.1, 0.15) is 6.29 Å². The molecule has 2 heterocycles. The zero-order chi connectivity index (χ0) is 21.3. The largest absolute Gasteiger partial charge is 0.479 e. The standard InChI is InChI=1S/C11H11N3O3.C9H7N3O/c1-17-10(11(15)16)8-2-4-9(5-3-8)14-12-6-7-13-14;13-7-8-1-3-9(4-2-8)12-10-5-6-11-12/h2-7,10H,1H3,(H,15,16);1-7H. The zero-order valence-electron chi connectivity index (χ0n) is 15.9. The molecule has 30 heavy (non-hydrogen) atoms. The Morgan fingerprint density at radius 3 is 1.67 bits per heavy atom. The minimum absolute atomic E-state index is 0.580. The van der Waals surface area contributed by atoms with Crippen LogP contribution in [0.4, 0.5) is 0 Å². The Morgan fingerprint density at radius 1 is 0.867 bits per heavy atom. The number of hydrogen-bond acceptors (Lipinski definition) is 7. The van der Waals surface area contributed by atoms with E-state index in [0.717, 1.165) is 17.7 Å². The van der Waals surface area contributed by atoms with Crippen LogP contribution < -0.4 is 0 Å². The van der Waals surface area contributed by atoms with Gasteiger partial charge in [0.25, 0.3) is 0 Å². The van der Waals surface area contributed by atoms with Crippen LogP contribution in [0.5, 0.6) is 0 Å². The molecule has 2 aromatic carbocycles. The molecule has 0 aliphatic rings. The maximum absolute atomic E-state index is 10.9. The number of carboxylic acids is 1. The number of aliphatic carboxylic acids is 1. The predicted molar refractivity (Wildman–Crippen MR) is 105 cm³/mol. The third-order valence-electron chi connectivity index (χ3n) is 3.98. The van der Waals surface area contributed by atoms with Gasteiger partial charge in [-0.05, 0) is 42.0 Å². The van der Waals surface area contributed by atoms with E-state index in [4.69, 9.17) is 9.84 Å². The fraction of sp³-hybridized carbons (Fsp3) is 0.100. The SMILES string of the molecule is COC(C(=O)O)c1ccc(-n2nccn2)cc1.O=Cc1ccc(-n2nccn2)cc1. The normalized spacial score (nSPS) is 11.2. The van der Waals surface area contributed by atoms with E-state index in [0.29, 0.717) is 11.1 Å². The summed E-state index contributed by atoms with van der Waals surface area (Å²) in [7, 11) is 1.36. The van der Waals surface area contributed by atoms with Gasteiger partial charge in [0, 0.05) is 12.7 Å². The lowest BCUT2D eigenvalue weighted by molar-refractivity contribution is -0.148. The second-order valence-electron chi connectivity index (χ2n) is 5.89. The Balaban J connectivity index is 0.000000177. The van der Waals surface area contributed by atoms with Crippen LogP contribution >= 0.6 is 0 Å². The van der Waals surface area contributed by atoms with E-state index in [1.165, 1.54) is 16.7 Å². The van der Waals surface area contributed by atoms with Gasteiger partial charge in [0.2, 0.25) is 0 Å². The number of aromatic nitrogens is 6. The second kappa shape index (κ2) is 9.85. The Hall–Kier alpha value is -4.18. The minimum Gasteiger partial charge on any atom is -0.479 e. The van der Waals surface area contributed by atoms with Gasteiger partial charge in [-0.3, -0.25) is 4.79 Å². The first kappa shape index (κ1) is 20.6. The number of methoxy groups -OCH3 is 1. The van der Waals surface area contributed by atoms with Gasteiger partial charge in [-0.25, -0.2) is 4.79 Å². The molecule has 0 aliphatic heterocycles. The molecule has 0 radical (unpaired) electrons. The van der Waals surface area contributed by atoms with E-state index in [2.05, 4.69) is 20.4 Å². The van der Waals surface area contributed by atoms with Gasteiger partial charge >= 0.3 is 5.97 Å². The van der Waals surface area contributed by atoms with Crippen molar-refractivity contribution in [1.82, 2.24) is 30.0 Å². The van der Waals surface area contributed by atoms with Crippen LogP contribution in [0.1, 0.15) is 22.0 Å². The fourth-order valence-electron chi connectivity index (χ4n) is 2.55. The van der Waals surface area contributed by atoms with Crippen LogP contribution in [0.15, 0.2) is 73.3 Å². The lowest BCUT2D eigenvalue weighted by atomic mass is 10.1. The molecule has 10 nitrogen and oxygen atoms in total. The topological polar surface area (TPSA) is 125 Å². The molecule has 152 valence electrons. The van der Waals surface area contributed by atoms with E-state index in [-0.39, 0.29) is 0 Å². The van der Waals surface area contributed by atoms with Crippen LogP contribution in [0, 0.1) is 0 Å². The average Bonchev–Trinajstić information content (AvgIpc) is 3.50. The molecule has 4 rings (SSSR count). The molecule has 0 fully saturated rings. The highest BCUT2D eigenvalue weighted by molar-refractivity contribution is 5.75. The first-order valence-corrected chi connectivity index (χ1v) is 8.76. The number of benzene rings is 2. The third kappa shape index (κ3) is 5.00. The quantitative estimate of drug-likeness (QED) is 0.483. The number of carboxylic acid groups (broad SMARTS) is 1. The smallest absolute Gasteiger partial charge is 0.337 e. The summed E-state index contributed by atoms with van der Waals surface area (Å²) in [6, 6.07) is 13.9. The van der Waals surface area contributed by atoms with Crippen LogP contribution in [-0.2, 0) is 9.53 Å². The number of ether oxygens (including phenoxy) is 1. The lowest BCUT2D eigenvalue weighted by Crippen LogP contribution is -2.13. The van der Waals surface area contributed by atoms with Gasteiger partial charge < -0.3 is 9.84 Å². The third-order valence-corrected chi connectivity index (χ3v) is 3.98. The van der Waals surface area contributed by atoms with Gasteiger partial charge in [-0.2, -0.15) is 30.0 Å². The van der Waals surface area contributed by atoms with E-state index in [1.807, 2.05) is 0 Å². The van der Waals surface area contributed by atoms with E-state index in [9.17, 15) is 9.59 Å². The predicted octanol–water partition coefficient (Wildman–Crippen LogP) is 2.12. The Morgan fingerprint density at radius 2 is 1.30 bits per heavy atom. The van der Waals surface area contributed by atoms with Crippen LogP contribution in [0.25, 0.3) is 11.4 Å². The lowest BCUT2D eigenvalue weighted by Gasteiger charge is -2.10. The number of rotatable bonds is 6. The van der Waals surface area contributed by atoms with Crippen molar-refractivity contribution in [3.63, 3.8) is 0 Å². The zero-order valence-corrected chi connectivity index (χ0v) is 15.9. The van der Waals surface area contributed by atoms with Gasteiger partial charge in [0.05, 0.1) is 36.2 Å². The number of nitrogens with zero attached hydrogens (tertiary/aromatic N) is 6. The summed E-state index contributed by atoms with van der Waals surface area (Å²) in [5.74, 6) is -1.02. The molecule has 2 aromatic heterocycles. The van der Waals surface area contributed by atoms with Crippen molar-refractivity contribution >= 4 is 12.3 Å². The van der Waals surface area contributed by atoms with Crippen molar-refractivity contribution < 1.29 is 19.4 Å². The van der Waals surface area contributed by atoms with E-state index >= 15 is 0 Å². The van der Waals surface area contributed by atoms with Crippen molar-refractivity contribution in [1.29, 1.82) is 0 Å². The molecule has 0 saturated carbocycles. The van der Waals surface area contributed by atoms with Gasteiger partial charge in [-0.1, -0.05) is 12.1 Å². The summed E-state index contributed by atoms with van der Waals surface area (Å²) >= 11 is 0. The van der Waals surface area contributed by atoms with Crippen molar-refractivity contribution in [2.24, 2.45) is 0 Å². The molecule has 0 saturated heterocycles. The highest BCUT2D eigenvalue weighted by Crippen LogP contribution is 2.18. The maximum atomic E-state index is 10.9. The van der Waals surface area contributed by atoms with Crippen molar-refractivity contribution in [3.8, 4) is 11.4 Å². The van der Waals surface area contributed by atoms with Crippen molar-refractivity contribution in [3.05, 3.63) is 84.4 Å². The molecular weight excluding hydrogens is 388 g/mol. The van der Waals surface area contributed by atoms with Crippen molar-refractivity contribution in [2.75, 3.05) is 7.11 Å². The highest BCUT2D eigenvalue weighted by atomic mass is 16.5. The number of carbonyl (C=O) groups excluding carboxylic acids is 1. The Bertz CT molecular complexity index is 1060. The first-order chi connectivity index (χ1) is 14.6. The minimum atomic E-state index is -1.02. The maximum Gasteiger partial charge on any atom is 0.337 e. The number of carbonyl (C=O) groups is 2. The molecule has 1 atom stereocenters. The molecule has 0 aliphatic carbocycles. The average molecular weight is 406 g/mol. The van der Waals surface area contributed by atoms with Crippen LogP contribution in [0.3, 0.4) is 0 Å². The van der Waals surface area contributed by atoms with Crippen LogP contribution in [0.2, 0.25) is 0 Å². The second-order valence-corrected chi connectivity index (χ2v) is 5.89. The summed E-state index contributed by atoms with van der Waals surface area (Å²) in [6.45, 7) is 0. The summed E-state index contributed by atoms with van der Waals surface area (Å²) in [5, 5.41) is 24.8. The number of hydrogen-bond donors (Lipinski definition) is 1. The molecule has 1 unspecified atom stereocenters. The first-order valence-electron chi connectivity index (χ1n) is 8.76. The van der Waals surface area contributed by atoms with Gasteiger partial charge in [-0.15, -0.1) is 0 Å². The molecule has 1 N–H and O–H groups in total. The van der Waals surface area contributed by atoms with Crippen LogP contribution in [-0.4, -0.2) is 54.5 Å². The molecular formula is C20H18N6O4. The van der Waals surface area contributed by atoms with Crippen molar-refractivity contribution in [2.45, 2.75) is 6.10 Å². The molecule has 0 spiro atoms. The van der Waals surface area contributed by atoms with E-state index in [1.54, 1.807) is 73.3 Å². The Kier molecular flexibility index (Phi) is 6.74. The molecule has 0 bridgehead atoms.